The van der Waals surface area contributed by atoms with Crippen LogP contribution in [0.5, 0.6) is 0 Å². The Morgan fingerprint density at radius 3 is 2.54 bits per heavy atom. The van der Waals surface area contributed by atoms with E-state index in [9.17, 15) is 14.0 Å². The van der Waals surface area contributed by atoms with Crippen molar-refractivity contribution < 1.29 is 14.0 Å². The fraction of sp³-hybridized carbons (Fsp3) is 0.222. The van der Waals surface area contributed by atoms with E-state index in [1.165, 1.54) is 23.1 Å². The van der Waals surface area contributed by atoms with Gasteiger partial charge >= 0.3 is 0 Å². The highest BCUT2D eigenvalue weighted by Crippen LogP contribution is 2.26. The predicted octanol–water partition coefficient (Wildman–Crippen LogP) is 3.36. The molecule has 1 atom stereocenters. The molecule has 0 aliphatic carbocycles. The van der Waals surface area contributed by atoms with Gasteiger partial charge in [0.1, 0.15) is 11.9 Å². The van der Waals surface area contributed by atoms with E-state index in [0.717, 1.165) is 0 Å². The molecule has 1 heterocycles. The molecule has 0 N–H and O–H groups in total. The molecule has 0 radical (unpaired) electrons. The van der Waals surface area contributed by atoms with Gasteiger partial charge in [0, 0.05) is 24.3 Å². The van der Waals surface area contributed by atoms with Crippen molar-refractivity contribution in [1.29, 1.82) is 0 Å². The van der Waals surface area contributed by atoms with Crippen LogP contribution >= 0.6 is 11.6 Å². The predicted molar refractivity (Wildman–Crippen MR) is 90.7 cm³/mol. The van der Waals surface area contributed by atoms with Gasteiger partial charge in [0.15, 0.2) is 0 Å². The van der Waals surface area contributed by atoms with Crippen LogP contribution in [0.3, 0.4) is 0 Å². The highest BCUT2D eigenvalue weighted by molar-refractivity contribution is 6.31. The van der Waals surface area contributed by atoms with Crippen LogP contribution in [0.15, 0.2) is 48.5 Å². The summed E-state index contributed by atoms with van der Waals surface area (Å²) in [6.07, 6.45) is 0. The Morgan fingerprint density at radius 1 is 1.17 bits per heavy atom. The fourth-order valence-electron chi connectivity index (χ4n) is 2.80. The molecule has 2 aromatic rings. The molecule has 24 heavy (non-hydrogen) atoms. The molecular formula is C18H16ClFN2O2. The monoisotopic (exact) mass is 346 g/mol. The second-order valence-corrected chi connectivity index (χ2v) is 6.04. The summed E-state index contributed by atoms with van der Waals surface area (Å²) in [7, 11) is 0. The molecule has 0 bridgehead atoms. The van der Waals surface area contributed by atoms with Gasteiger partial charge in [0.05, 0.1) is 5.02 Å². The minimum absolute atomic E-state index is 0.0317. The summed E-state index contributed by atoms with van der Waals surface area (Å²) in [5.74, 6) is -0.916. The second-order valence-electron chi connectivity index (χ2n) is 5.63. The van der Waals surface area contributed by atoms with Gasteiger partial charge in [-0.25, -0.2) is 4.39 Å². The number of nitrogens with zero attached hydrogens (tertiary/aromatic N) is 2. The summed E-state index contributed by atoms with van der Waals surface area (Å²) in [6, 6.07) is 12.4. The number of rotatable bonds is 2. The highest BCUT2D eigenvalue weighted by Gasteiger charge is 2.35. The standard InChI is InChI=1S/C18H16ClFN2O2/c1-12-17(23)22(14-7-8-16(20)15(19)11-14)10-9-21(12)18(24)13-5-3-2-4-6-13/h2-8,11-12H,9-10H2,1H3/t12-/m1/s1. The molecule has 4 nitrogen and oxygen atoms in total. The Kier molecular flexibility index (Phi) is 4.53. The first-order valence-corrected chi connectivity index (χ1v) is 7.99. The molecule has 1 saturated heterocycles. The Morgan fingerprint density at radius 2 is 1.88 bits per heavy atom. The smallest absolute Gasteiger partial charge is 0.254 e. The van der Waals surface area contributed by atoms with Crippen molar-refractivity contribution in [3.05, 3.63) is 64.9 Å². The Bertz CT molecular complexity index is 782. The largest absolute Gasteiger partial charge is 0.325 e. The van der Waals surface area contributed by atoms with Gasteiger partial charge in [-0.15, -0.1) is 0 Å². The number of carbonyl (C=O) groups is 2. The molecule has 1 aliphatic rings. The Labute approximate surface area is 144 Å². The molecule has 2 amide bonds. The van der Waals surface area contributed by atoms with Crippen molar-refractivity contribution in [1.82, 2.24) is 4.90 Å². The lowest BCUT2D eigenvalue weighted by Crippen LogP contribution is -2.57. The van der Waals surface area contributed by atoms with Crippen LogP contribution in [0.1, 0.15) is 17.3 Å². The molecule has 0 spiro atoms. The summed E-state index contributed by atoms with van der Waals surface area (Å²) in [5, 5.41) is -0.0317. The van der Waals surface area contributed by atoms with Gasteiger partial charge in [-0.2, -0.15) is 0 Å². The summed E-state index contributed by atoms with van der Waals surface area (Å²) < 4.78 is 13.3. The number of hydrogen-bond acceptors (Lipinski definition) is 2. The van der Waals surface area contributed by atoms with Crippen molar-refractivity contribution in [2.75, 3.05) is 18.0 Å². The molecule has 3 rings (SSSR count). The van der Waals surface area contributed by atoms with E-state index in [1.807, 2.05) is 6.07 Å². The quantitative estimate of drug-likeness (QED) is 0.836. The van der Waals surface area contributed by atoms with Gasteiger partial charge < -0.3 is 9.80 Å². The minimum atomic E-state index is -0.602. The molecule has 0 saturated carbocycles. The zero-order chi connectivity index (χ0) is 17.3. The molecule has 1 aliphatic heterocycles. The van der Waals surface area contributed by atoms with E-state index in [1.54, 1.807) is 36.1 Å². The Hall–Kier alpha value is -2.40. The van der Waals surface area contributed by atoms with E-state index >= 15 is 0 Å². The third-order valence-electron chi connectivity index (χ3n) is 4.15. The minimum Gasteiger partial charge on any atom is -0.325 e. The summed E-state index contributed by atoms with van der Waals surface area (Å²) >= 11 is 5.80. The maximum atomic E-state index is 13.3. The van der Waals surface area contributed by atoms with Crippen LogP contribution in [0.4, 0.5) is 10.1 Å². The lowest BCUT2D eigenvalue weighted by atomic mass is 10.1. The van der Waals surface area contributed by atoms with E-state index in [4.69, 9.17) is 11.6 Å². The number of anilines is 1. The van der Waals surface area contributed by atoms with E-state index < -0.39 is 11.9 Å². The second kappa shape index (κ2) is 6.61. The zero-order valence-electron chi connectivity index (χ0n) is 13.1. The van der Waals surface area contributed by atoms with Gasteiger partial charge in [0.25, 0.3) is 5.91 Å². The lowest BCUT2D eigenvalue weighted by molar-refractivity contribution is -0.124. The van der Waals surface area contributed by atoms with Crippen LogP contribution in [0.25, 0.3) is 0 Å². The number of hydrogen-bond donors (Lipinski definition) is 0. The van der Waals surface area contributed by atoms with E-state index in [-0.39, 0.29) is 16.8 Å². The molecule has 0 aromatic heterocycles. The fourth-order valence-corrected chi connectivity index (χ4v) is 2.98. The number of halogens is 2. The first-order valence-electron chi connectivity index (χ1n) is 7.61. The number of carbonyl (C=O) groups excluding carboxylic acids is 2. The van der Waals surface area contributed by atoms with Crippen molar-refractivity contribution in [3.8, 4) is 0 Å². The lowest BCUT2D eigenvalue weighted by Gasteiger charge is -2.39. The zero-order valence-corrected chi connectivity index (χ0v) is 13.8. The van der Waals surface area contributed by atoms with E-state index in [2.05, 4.69) is 0 Å². The van der Waals surface area contributed by atoms with Gasteiger partial charge in [-0.1, -0.05) is 29.8 Å². The first-order chi connectivity index (χ1) is 11.5. The van der Waals surface area contributed by atoms with Crippen molar-refractivity contribution >= 4 is 29.1 Å². The number of piperazine rings is 1. The van der Waals surface area contributed by atoms with Crippen LogP contribution in [0, 0.1) is 5.82 Å². The number of amides is 2. The topological polar surface area (TPSA) is 40.6 Å². The molecule has 0 unspecified atom stereocenters. The SMILES string of the molecule is C[C@@H]1C(=O)N(c2ccc(F)c(Cl)c2)CCN1C(=O)c1ccccc1. The van der Waals surface area contributed by atoms with Crippen LogP contribution in [0.2, 0.25) is 5.02 Å². The van der Waals surface area contributed by atoms with Crippen molar-refractivity contribution in [3.63, 3.8) is 0 Å². The molecular weight excluding hydrogens is 331 g/mol. The van der Waals surface area contributed by atoms with Crippen LogP contribution in [-0.4, -0.2) is 35.8 Å². The molecule has 6 heteroatoms. The van der Waals surface area contributed by atoms with Gasteiger partial charge in [-0.3, -0.25) is 9.59 Å². The molecule has 2 aromatic carbocycles. The van der Waals surface area contributed by atoms with Crippen molar-refractivity contribution in [2.24, 2.45) is 0 Å². The third-order valence-corrected chi connectivity index (χ3v) is 4.44. The third kappa shape index (κ3) is 2.99. The molecule has 1 fully saturated rings. The highest BCUT2D eigenvalue weighted by atomic mass is 35.5. The van der Waals surface area contributed by atoms with Crippen LogP contribution < -0.4 is 4.90 Å². The maximum absolute atomic E-state index is 13.3. The van der Waals surface area contributed by atoms with Gasteiger partial charge in [0.2, 0.25) is 5.91 Å². The summed E-state index contributed by atoms with van der Waals surface area (Å²) in [4.78, 5) is 28.3. The summed E-state index contributed by atoms with van der Waals surface area (Å²) in [6.45, 7) is 2.43. The number of benzene rings is 2. The maximum Gasteiger partial charge on any atom is 0.254 e. The summed E-state index contributed by atoms with van der Waals surface area (Å²) in [5.41, 5.74) is 1.08. The first kappa shape index (κ1) is 16.5. The average Bonchev–Trinajstić information content (AvgIpc) is 2.60. The average molecular weight is 347 g/mol. The van der Waals surface area contributed by atoms with Crippen molar-refractivity contribution in [2.45, 2.75) is 13.0 Å². The van der Waals surface area contributed by atoms with E-state index in [0.29, 0.717) is 24.3 Å². The Balaban J connectivity index is 1.81. The molecule has 124 valence electrons. The van der Waals surface area contributed by atoms with Gasteiger partial charge in [-0.05, 0) is 37.3 Å². The van der Waals surface area contributed by atoms with Crippen LogP contribution in [-0.2, 0) is 4.79 Å². The normalized spacial score (nSPS) is 18.0.